The first-order valence-corrected chi connectivity index (χ1v) is 12.6. The molecular weight excluding hydrogens is 506 g/mol. The maximum atomic E-state index is 13.6. The zero-order valence-corrected chi connectivity index (χ0v) is 22.4. The van der Waals surface area contributed by atoms with Crippen molar-refractivity contribution in [2.24, 2.45) is 5.10 Å². The van der Waals surface area contributed by atoms with Crippen LogP contribution in [0.15, 0.2) is 78.3 Å². The Morgan fingerprint density at radius 3 is 2.65 bits per heavy atom. The highest BCUT2D eigenvalue weighted by Crippen LogP contribution is 2.36. The number of hydrogen-bond donors (Lipinski definition) is 2. The third-order valence-corrected chi connectivity index (χ3v) is 6.60. The van der Waals surface area contributed by atoms with Crippen LogP contribution in [0.4, 0.5) is 11.8 Å². The fourth-order valence-corrected chi connectivity index (χ4v) is 4.67. The van der Waals surface area contributed by atoms with E-state index < -0.39 is 0 Å². The van der Waals surface area contributed by atoms with Crippen molar-refractivity contribution in [3.05, 3.63) is 112 Å². The second kappa shape index (κ2) is 11.2. The Balaban J connectivity index is 1.50. The van der Waals surface area contributed by atoms with Crippen molar-refractivity contribution in [1.29, 1.82) is 0 Å². The number of hydrogen-bond acceptors (Lipinski definition) is 10. The molecule has 1 unspecified atom stereocenters. The molecule has 0 spiro atoms. The van der Waals surface area contributed by atoms with Crippen molar-refractivity contribution >= 4 is 23.8 Å². The first-order valence-electron chi connectivity index (χ1n) is 12.6. The number of carbonyl (C=O) groups is 1. The zero-order valence-electron chi connectivity index (χ0n) is 22.4. The third-order valence-electron chi connectivity index (χ3n) is 6.60. The molecule has 40 heavy (non-hydrogen) atoms. The molecule has 202 valence electrons. The van der Waals surface area contributed by atoms with Gasteiger partial charge in [0.05, 0.1) is 31.7 Å². The number of allylic oxidation sites excluding steroid dienone is 1. The summed E-state index contributed by atoms with van der Waals surface area (Å²) in [4.78, 5) is 26.3. The maximum Gasteiger partial charge on any atom is 0.221 e. The van der Waals surface area contributed by atoms with Gasteiger partial charge in [0.2, 0.25) is 5.95 Å². The topological polar surface area (TPSA) is 142 Å². The number of pyridine rings is 1. The van der Waals surface area contributed by atoms with Crippen LogP contribution < -0.4 is 20.9 Å². The Morgan fingerprint density at radius 2 is 1.90 bits per heavy atom. The van der Waals surface area contributed by atoms with Crippen molar-refractivity contribution < 1.29 is 14.3 Å². The lowest BCUT2D eigenvalue weighted by molar-refractivity contribution is 0.104. The number of fused-ring (bicyclic) bond motifs is 1. The summed E-state index contributed by atoms with van der Waals surface area (Å²) in [5.41, 5.74) is 17.4. The van der Waals surface area contributed by atoms with Gasteiger partial charge in [-0.05, 0) is 47.9 Å². The lowest BCUT2D eigenvalue weighted by Gasteiger charge is -2.30. The molecule has 0 fully saturated rings. The largest absolute Gasteiger partial charge is 0.493 e. The number of methoxy groups -OCH3 is 2. The highest BCUT2D eigenvalue weighted by atomic mass is 16.5. The van der Waals surface area contributed by atoms with Crippen LogP contribution in [0.5, 0.6) is 11.5 Å². The maximum absolute atomic E-state index is 13.6. The molecule has 1 aliphatic heterocycles. The van der Waals surface area contributed by atoms with Gasteiger partial charge < -0.3 is 20.9 Å². The first kappa shape index (κ1) is 26.4. The molecule has 0 bridgehead atoms. The number of hydrazone groups is 1. The minimum Gasteiger partial charge on any atom is -0.493 e. The quantitative estimate of drug-likeness (QED) is 0.252. The number of nitrogens with two attached hydrogens (primary N) is 2. The van der Waals surface area contributed by atoms with Crippen molar-refractivity contribution in [2.45, 2.75) is 19.4 Å². The molecule has 10 nitrogen and oxygen atoms in total. The molecule has 10 heteroatoms. The van der Waals surface area contributed by atoms with Crippen LogP contribution in [0.3, 0.4) is 0 Å². The molecule has 3 heterocycles. The molecule has 5 rings (SSSR count). The van der Waals surface area contributed by atoms with E-state index in [1.54, 1.807) is 41.9 Å². The number of rotatable bonds is 8. The Labute approximate surface area is 232 Å². The number of ether oxygens (including phenoxy) is 2. The fraction of sp³-hybridized carbons (Fsp3) is 0.167. The zero-order chi connectivity index (χ0) is 28.2. The average molecular weight is 536 g/mol. The minimum absolute atomic E-state index is 0.0942. The summed E-state index contributed by atoms with van der Waals surface area (Å²) in [5, 5.41) is 6.36. The number of aryl methyl sites for hydroxylation is 1. The van der Waals surface area contributed by atoms with Gasteiger partial charge >= 0.3 is 0 Å². The van der Waals surface area contributed by atoms with Crippen LogP contribution in [0.25, 0.3) is 0 Å². The van der Waals surface area contributed by atoms with Gasteiger partial charge in [0.1, 0.15) is 11.9 Å². The van der Waals surface area contributed by atoms with E-state index in [1.807, 2.05) is 43.3 Å². The van der Waals surface area contributed by atoms with Gasteiger partial charge in [-0.15, -0.1) is 0 Å². The van der Waals surface area contributed by atoms with Crippen LogP contribution >= 0.6 is 0 Å². The summed E-state index contributed by atoms with van der Waals surface area (Å²) in [6, 6.07) is 15.2. The van der Waals surface area contributed by atoms with Crippen LogP contribution in [0.2, 0.25) is 0 Å². The molecule has 2 aromatic heterocycles. The number of anilines is 2. The van der Waals surface area contributed by atoms with Crippen LogP contribution in [-0.2, 0) is 6.42 Å². The SMILES string of the molecule is COc1cc(Cc2cnc(N)nc2N)cc(C(=O)/C=C/N2N=Cc3ccccc3C2c2cc(C)ccn2)c1OC. The predicted octanol–water partition coefficient (Wildman–Crippen LogP) is 4.09. The number of nitrogen functional groups attached to an aromatic ring is 2. The minimum atomic E-state index is -0.304. The molecule has 1 atom stereocenters. The molecule has 0 saturated carbocycles. The summed E-state index contributed by atoms with van der Waals surface area (Å²) < 4.78 is 11.1. The molecule has 0 aliphatic carbocycles. The van der Waals surface area contributed by atoms with Crippen molar-refractivity contribution in [2.75, 3.05) is 25.7 Å². The average Bonchev–Trinajstić information content (AvgIpc) is 2.96. The van der Waals surface area contributed by atoms with Crippen LogP contribution in [-0.4, -0.2) is 46.2 Å². The van der Waals surface area contributed by atoms with Crippen LogP contribution in [0.1, 0.15) is 49.9 Å². The standard InChI is InChI=1S/C30H29N7O3/c1-18-8-10-33-24(12-18)27-22-7-5-4-6-20(22)17-35-37(27)11-9-25(38)23-14-19(15-26(39-2)28(23)40-3)13-21-16-34-30(32)36-29(21)31/h4-12,14-17,27H,13H2,1-3H3,(H4,31,32,34,36)/b11-9+. The summed E-state index contributed by atoms with van der Waals surface area (Å²) >= 11 is 0. The van der Waals surface area contributed by atoms with E-state index in [2.05, 4.69) is 20.1 Å². The highest BCUT2D eigenvalue weighted by Gasteiger charge is 2.27. The summed E-state index contributed by atoms with van der Waals surface area (Å²) in [6.45, 7) is 2.02. The van der Waals surface area contributed by atoms with Crippen molar-refractivity contribution in [3.63, 3.8) is 0 Å². The third kappa shape index (κ3) is 5.32. The number of nitrogens with zero attached hydrogens (tertiary/aromatic N) is 5. The first-order chi connectivity index (χ1) is 19.4. The lowest BCUT2D eigenvalue weighted by atomic mass is 9.95. The molecule has 0 amide bonds. The monoisotopic (exact) mass is 535 g/mol. The van der Waals surface area contributed by atoms with Gasteiger partial charge in [-0.1, -0.05) is 24.3 Å². The summed E-state index contributed by atoms with van der Waals surface area (Å²) in [5.74, 6) is 0.819. The normalized spacial score (nSPS) is 14.3. The molecular formula is C30H29N7O3. The second-order valence-electron chi connectivity index (χ2n) is 9.29. The van der Waals surface area contributed by atoms with Crippen LogP contribution in [0, 0.1) is 6.92 Å². The van der Waals surface area contributed by atoms with Gasteiger partial charge in [-0.2, -0.15) is 10.1 Å². The summed E-state index contributed by atoms with van der Waals surface area (Å²) in [6.07, 6.45) is 8.62. The second-order valence-corrected chi connectivity index (χ2v) is 9.29. The number of ketones is 1. The van der Waals surface area contributed by atoms with E-state index in [-0.39, 0.29) is 23.6 Å². The molecule has 4 N–H and O–H groups in total. The van der Waals surface area contributed by atoms with E-state index in [1.165, 1.54) is 20.3 Å². The number of benzene rings is 2. The van der Waals surface area contributed by atoms with Gasteiger partial charge in [0.15, 0.2) is 17.3 Å². The Kier molecular flexibility index (Phi) is 7.41. The molecule has 4 aromatic rings. The van der Waals surface area contributed by atoms with E-state index >= 15 is 0 Å². The van der Waals surface area contributed by atoms with Gasteiger partial charge in [0.25, 0.3) is 0 Å². The predicted molar refractivity (Wildman–Crippen MR) is 153 cm³/mol. The Hall–Kier alpha value is -5.25. The summed E-state index contributed by atoms with van der Waals surface area (Å²) in [7, 11) is 3.01. The molecule has 0 saturated heterocycles. The molecule has 1 aliphatic rings. The van der Waals surface area contributed by atoms with Gasteiger partial charge in [-0.3, -0.25) is 14.8 Å². The lowest BCUT2D eigenvalue weighted by Crippen LogP contribution is -2.25. The van der Waals surface area contributed by atoms with Crippen molar-refractivity contribution in [3.8, 4) is 11.5 Å². The van der Waals surface area contributed by atoms with E-state index in [0.29, 0.717) is 29.0 Å². The fourth-order valence-electron chi connectivity index (χ4n) is 4.67. The molecule has 0 radical (unpaired) electrons. The van der Waals surface area contributed by atoms with E-state index in [0.717, 1.165) is 27.9 Å². The number of aromatic nitrogens is 3. The van der Waals surface area contributed by atoms with E-state index in [9.17, 15) is 4.79 Å². The highest BCUT2D eigenvalue weighted by molar-refractivity contribution is 6.07. The smallest absolute Gasteiger partial charge is 0.221 e. The van der Waals surface area contributed by atoms with E-state index in [4.69, 9.17) is 20.9 Å². The Bertz CT molecular complexity index is 1630. The van der Waals surface area contributed by atoms with Crippen molar-refractivity contribution in [1.82, 2.24) is 20.0 Å². The van der Waals surface area contributed by atoms with Gasteiger partial charge in [0, 0.05) is 42.2 Å². The molecule has 2 aromatic carbocycles. The van der Waals surface area contributed by atoms with Gasteiger partial charge in [-0.25, -0.2) is 4.98 Å². The number of carbonyl (C=O) groups excluding carboxylic acids is 1. The Morgan fingerprint density at radius 1 is 1.07 bits per heavy atom.